The summed E-state index contributed by atoms with van der Waals surface area (Å²) < 4.78 is 0. The first-order chi connectivity index (χ1) is 8.44. The predicted octanol–water partition coefficient (Wildman–Crippen LogP) is 0.595. The van der Waals surface area contributed by atoms with Crippen molar-refractivity contribution in [3.05, 3.63) is 0 Å². The fourth-order valence-electron chi connectivity index (χ4n) is 2.05. The zero-order chi connectivity index (χ0) is 13.6. The van der Waals surface area contributed by atoms with E-state index in [1.54, 1.807) is 11.9 Å². The van der Waals surface area contributed by atoms with Crippen LogP contribution in [0.4, 0.5) is 0 Å². The number of amides is 1. The Morgan fingerprint density at radius 1 is 1.50 bits per heavy atom. The van der Waals surface area contributed by atoms with Crippen molar-refractivity contribution in [2.24, 2.45) is 0 Å². The quantitative estimate of drug-likeness (QED) is 0.779. The van der Waals surface area contributed by atoms with E-state index in [0.29, 0.717) is 19.4 Å². The molecule has 18 heavy (non-hydrogen) atoms. The molecule has 1 N–H and O–H groups in total. The van der Waals surface area contributed by atoms with Gasteiger partial charge in [0, 0.05) is 39.6 Å². The standard InChI is InChI=1S/C13H23N3O2/c1-13(18)5-10-16(11-6-13)9-4-12(17)15(2)8-3-7-14/h18H,3-6,8-11H2,1-2H3. The number of likely N-dealkylation sites (tertiary alicyclic amines) is 1. The number of hydrogen-bond donors (Lipinski definition) is 1. The van der Waals surface area contributed by atoms with Gasteiger partial charge in [-0.1, -0.05) is 0 Å². The van der Waals surface area contributed by atoms with Crippen LogP contribution < -0.4 is 0 Å². The lowest BCUT2D eigenvalue weighted by atomic mass is 9.94. The van der Waals surface area contributed by atoms with Gasteiger partial charge in [-0.3, -0.25) is 4.79 Å². The Kier molecular flexibility index (Phi) is 5.57. The monoisotopic (exact) mass is 253 g/mol. The van der Waals surface area contributed by atoms with E-state index >= 15 is 0 Å². The van der Waals surface area contributed by atoms with Crippen molar-refractivity contribution in [2.75, 3.05) is 33.2 Å². The highest BCUT2D eigenvalue weighted by molar-refractivity contribution is 5.76. The van der Waals surface area contributed by atoms with E-state index in [1.807, 2.05) is 13.0 Å². The summed E-state index contributed by atoms with van der Waals surface area (Å²) in [5.74, 6) is 0.0857. The summed E-state index contributed by atoms with van der Waals surface area (Å²) in [5.41, 5.74) is -0.538. The lowest BCUT2D eigenvalue weighted by Gasteiger charge is -2.35. The van der Waals surface area contributed by atoms with E-state index in [1.165, 1.54) is 0 Å². The van der Waals surface area contributed by atoms with Crippen molar-refractivity contribution < 1.29 is 9.90 Å². The molecular formula is C13H23N3O2. The Morgan fingerprint density at radius 3 is 2.67 bits per heavy atom. The zero-order valence-electron chi connectivity index (χ0n) is 11.4. The summed E-state index contributed by atoms with van der Waals surface area (Å²) >= 11 is 0. The number of carbonyl (C=O) groups excluding carboxylic acids is 1. The maximum atomic E-state index is 11.8. The highest BCUT2D eigenvalue weighted by atomic mass is 16.3. The summed E-state index contributed by atoms with van der Waals surface area (Å²) in [4.78, 5) is 15.6. The highest BCUT2D eigenvalue weighted by Gasteiger charge is 2.27. The van der Waals surface area contributed by atoms with Gasteiger partial charge in [0.2, 0.25) is 5.91 Å². The normalized spacial score (nSPS) is 19.2. The lowest BCUT2D eigenvalue weighted by Crippen LogP contribution is -2.43. The molecule has 1 aliphatic heterocycles. The minimum atomic E-state index is -0.538. The van der Waals surface area contributed by atoms with Crippen LogP contribution in [0.25, 0.3) is 0 Å². The lowest BCUT2D eigenvalue weighted by molar-refractivity contribution is -0.130. The van der Waals surface area contributed by atoms with Crippen molar-refractivity contribution in [2.45, 2.75) is 38.2 Å². The van der Waals surface area contributed by atoms with Gasteiger partial charge >= 0.3 is 0 Å². The molecule has 5 nitrogen and oxygen atoms in total. The van der Waals surface area contributed by atoms with Crippen molar-refractivity contribution in [1.29, 1.82) is 5.26 Å². The summed E-state index contributed by atoms with van der Waals surface area (Å²) in [5, 5.41) is 18.3. The molecular weight excluding hydrogens is 230 g/mol. The third-order valence-corrected chi connectivity index (χ3v) is 3.56. The molecule has 0 aliphatic carbocycles. The maximum Gasteiger partial charge on any atom is 0.223 e. The minimum absolute atomic E-state index is 0.0857. The molecule has 1 aliphatic rings. The van der Waals surface area contributed by atoms with Crippen LogP contribution in [0.15, 0.2) is 0 Å². The first-order valence-electron chi connectivity index (χ1n) is 6.50. The molecule has 1 rings (SSSR count). The predicted molar refractivity (Wildman–Crippen MR) is 68.8 cm³/mol. The van der Waals surface area contributed by atoms with Crippen molar-refractivity contribution in [3.63, 3.8) is 0 Å². The van der Waals surface area contributed by atoms with Crippen LogP contribution in [0.2, 0.25) is 0 Å². The first kappa shape index (κ1) is 14.9. The molecule has 1 heterocycles. The van der Waals surface area contributed by atoms with Gasteiger partial charge in [-0.15, -0.1) is 0 Å². The smallest absolute Gasteiger partial charge is 0.223 e. The molecule has 1 fully saturated rings. The molecule has 0 unspecified atom stereocenters. The van der Waals surface area contributed by atoms with Gasteiger partial charge in [0.1, 0.15) is 0 Å². The van der Waals surface area contributed by atoms with E-state index in [-0.39, 0.29) is 5.91 Å². The first-order valence-corrected chi connectivity index (χ1v) is 6.50. The topological polar surface area (TPSA) is 67.6 Å². The average molecular weight is 253 g/mol. The fraction of sp³-hybridized carbons (Fsp3) is 0.846. The molecule has 1 amide bonds. The number of piperidine rings is 1. The average Bonchev–Trinajstić information content (AvgIpc) is 2.34. The molecule has 0 spiro atoms. The van der Waals surface area contributed by atoms with Crippen LogP contribution in [0.3, 0.4) is 0 Å². The van der Waals surface area contributed by atoms with Crippen LogP contribution in [-0.4, -0.2) is 59.6 Å². The van der Waals surface area contributed by atoms with Gasteiger partial charge < -0.3 is 14.9 Å². The summed E-state index contributed by atoms with van der Waals surface area (Å²) in [6.45, 7) is 4.81. The third kappa shape index (κ3) is 5.03. The molecule has 1 saturated heterocycles. The Balaban J connectivity index is 2.21. The Morgan fingerprint density at radius 2 is 2.11 bits per heavy atom. The van der Waals surface area contributed by atoms with Crippen LogP contribution >= 0.6 is 0 Å². The van der Waals surface area contributed by atoms with E-state index in [2.05, 4.69) is 4.90 Å². The summed E-state index contributed by atoms with van der Waals surface area (Å²) in [6, 6.07) is 2.04. The number of nitrogens with zero attached hydrogens (tertiary/aromatic N) is 3. The molecule has 102 valence electrons. The molecule has 0 aromatic carbocycles. The maximum absolute atomic E-state index is 11.8. The molecule has 0 aromatic heterocycles. The molecule has 0 atom stereocenters. The van der Waals surface area contributed by atoms with Crippen molar-refractivity contribution in [3.8, 4) is 6.07 Å². The van der Waals surface area contributed by atoms with Crippen LogP contribution in [0.5, 0.6) is 0 Å². The number of carbonyl (C=O) groups is 1. The van der Waals surface area contributed by atoms with Gasteiger partial charge in [-0.25, -0.2) is 0 Å². The second kappa shape index (κ2) is 6.72. The summed E-state index contributed by atoms with van der Waals surface area (Å²) in [7, 11) is 1.74. The van der Waals surface area contributed by atoms with E-state index in [9.17, 15) is 9.90 Å². The Bertz CT molecular complexity index is 313. The number of nitriles is 1. The molecule has 0 bridgehead atoms. The number of rotatable bonds is 5. The van der Waals surface area contributed by atoms with Gasteiger partial charge in [-0.2, -0.15) is 5.26 Å². The molecule has 0 saturated carbocycles. The van der Waals surface area contributed by atoms with Gasteiger partial charge in [0.15, 0.2) is 0 Å². The second-order valence-electron chi connectivity index (χ2n) is 5.31. The highest BCUT2D eigenvalue weighted by Crippen LogP contribution is 2.20. The van der Waals surface area contributed by atoms with Crippen molar-refractivity contribution >= 4 is 5.91 Å². The molecule has 5 heteroatoms. The van der Waals surface area contributed by atoms with Crippen LogP contribution in [-0.2, 0) is 4.79 Å². The van der Waals surface area contributed by atoms with Crippen LogP contribution in [0, 0.1) is 11.3 Å². The number of hydrogen-bond acceptors (Lipinski definition) is 4. The van der Waals surface area contributed by atoms with E-state index < -0.39 is 5.60 Å². The minimum Gasteiger partial charge on any atom is -0.390 e. The van der Waals surface area contributed by atoms with E-state index in [4.69, 9.17) is 5.26 Å². The Labute approximate surface area is 109 Å². The summed E-state index contributed by atoms with van der Waals surface area (Å²) in [6.07, 6.45) is 2.41. The third-order valence-electron chi connectivity index (χ3n) is 3.56. The number of aliphatic hydroxyl groups is 1. The van der Waals surface area contributed by atoms with Crippen LogP contribution in [0.1, 0.15) is 32.6 Å². The van der Waals surface area contributed by atoms with Gasteiger partial charge in [0.25, 0.3) is 0 Å². The van der Waals surface area contributed by atoms with E-state index in [0.717, 1.165) is 32.5 Å². The second-order valence-corrected chi connectivity index (χ2v) is 5.31. The molecule has 0 aromatic rings. The Hall–Kier alpha value is -1.12. The fourth-order valence-corrected chi connectivity index (χ4v) is 2.05. The SMILES string of the molecule is CN(CCC#N)C(=O)CCN1CCC(C)(O)CC1. The zero-order valence-corrected chi connectivity index (χ0v) is 11.4. The van der Waals surface area contributed by atoms with Gasteiger partial charge in [0.05, 0.1) is 18.1 Å². The largest absolute Gasteiger partial charge is 0.390 e. The van der Waals surface area contributed by atoms with Crippen molar-refractivity contribution in [1.82, 2.24) is 9.80 Å². The molecule has 0 radical (unpaired) electrons. The van der Waals surface area contributed by atoms with Gasteiger partial charge in [-0.05, 0) is 19.8 Å².